The Kier molecular flexibility index (Phi) is 24.1. The summed E-state index contributed by atoms with van der Waals surface area (Å²) >= 11 is 0. The van der Waals surface area contributed by atoms with E-state index in [0.717, 1.165) is 12.8 Å². The molecule has 0 aromatic rings. The zero-order chi connectivity index (χ0) is 16.4. The zero-order valence-corrected chi connectivity index (χ0v) is 13.5. The maximum Gasteiger partial charge on any atom is 0.305 e. The summed E-state index contributed by atoms with van der Waals surface area (Å²) in [5.41, 5.74) is 0. The lowest BCUT2D eigenvalue weighted by atomic mass is 10.3. The smallest absolute Gasteiger partial charge is 0.305 e. The fraction of sp³-hybridized carbons (Fsp3) is 0.833. The Morgan fingerprint density at radius 2 is 1.10 bits per heavy atom. The quantitative estimate of drug-likeness (QED) is 0.437. The van der Waals surface area contributed by atoms with Gasteiger partial charge in [-0.25, -0.2) is 8.42 Å². The van der Waals surface area contributed by atoms with E-state index in [2.05, 4.69) is 9.47 Å². The van der Waals surface area contributed by atoms with Gasteiger partial charge in [-0.1, -0.05) is 13.8 Å². The van der Waals surface area contributed by atoms with Gasteiger partial charge in [0.25, 0.3) is 11.0 Å². The van der Waals surface area contributed by atoms with Gasteiger partial charge in [0.15, 0.2) is 0 Å². The fourth-order valence-electron chi connectivity index (χ4n) is 0.875. The van der Waals surface area contributed by atoms with E-state index in [4.69, 9.17) is 13.0 Å². The minimum absolute atomic E-state index is 0.0880. The van der Waals surface area contributed by atoms with Crippen molar-refractivity contribution in [3.05, 3.63) is 0 Å². The number of esters is 2. The van der Waals surface area contributed by atoms with Crippen LogP contribution < -0.4 is 0 Å². The first-order valence-corrected chi connectivity index (χ1v) is 7.62. The van der Waals surface area contributed by atoms with Crippen molar-refractivity contribution in [1.29, 1.82) is 0 Å². The number of rotatable bonds is 6. The van der Waals surface area contributed by atoms with Crippen LogP contribution >= 0.6 is 0 Å². The first-order chi connectivity index (χ1) is 9.35. The van der Waals surface area contributed by atoms with E-state index in [0.29, 0.717) is 26.1 Å². The second kappa shape index (κ2) is 20.2. The van der Waals surface area contributed by atoms with E-state index >= 15 is 0 Å². The van der Waals surface area contributed by atoms with Crippen LogP contribution in [0.3, 0.4) is 0 Å². The zero-order valence-electron chi connectivity index (χ0n) is 12.6. The summed E-state index contributed by atoms with van der Waals surface area (Å²) in [7, 11) is -3.12. The standard InChI is InChI=1S/2C6H12O2.H2O3S/c2*1-3-5-6(7)8-4-2;1-4(2)3/h2*3-5H2,1-2H3;4H,(H,1,2,3). The van der Waals surface area contributed by atoms with E-state index in [1.807, 2.05) is 27.7 Å². The van der Waals surface area contributed by atoms with Gasteiger partial charge in [0.05, 0.1) is 13.2 Å². The third-order valence-electron chi connectivity index (χ3n) is 1.52. The number of ether oxygens (including phenoxy) is 2. The Labute approximate surface area is 122 Å². The first-order valence-electron chi connectivity index (χ1n) is 6.49. The number of thiol groups is 1. The molecule has 8 heteroatoms. The maximum absolute atomic E-state index is 10.4. The second-order valence-electron chi connectivity index (χ2n) is 3.35. The Balaban J connectivity index is -0.000000230. The van der Waals surface area contributed by atoms with Crippen molar-refractivity contribution in [3.63, 3.8) is 0 Å². The molecule has 0 saturated heterocycles. The third-order valence-corrected chi connectivity index (χ3v) is 1.52. The molecule has 0 spiro atoms. The molecule has 0 unspecified atom stereocenters. The normalized spacial score (nSPS) is 8.70. The van der Waals surface area contributed by atoms with Gasteiger partial charge in [-0.2, -0.15) is 0 Å². The average molecular weight is 314 g/mol. The Bertz CT molecular complexity index is 256. The third kappa shape index (κ3) is 36.0. The van der Waals surface area contributed by atoms with E-state index in [1.54, 1.807) is 0 Å². The summed E-state index contributed by atoms with van der Waals surface area (Å²) in [4.78, 5) is 20.8. The predicted octanol–water partition coefficient (Wildman–Crippen LogP) is 1.77. The first kappa shape index (κ1) is 23.9. The van der Waals surface area contributed by atoms with Gasteiger partial charge in [0.2, 0.25) is 0 Å². The minimum atomic E-state index is -3.12. The summed E-state index contributed by atoms with van der Waals surface area (Å²) in [5, 5.41) is 0. The fourth-order valence-corrected chi connectivity index (χ4v) is 0.875. The maximum atomic E-state index is 10.4. The molecule has 0 aliphatic heterocycles. The molecule has 0 aliphatic rings. The molecule has 0 saturated carbocycles. The second-order valence-corrected chi connectivity index (χ2v) is 3.82. The number of hydrogen-bond donors (Lipinski definition) is 2. The van der Waals surface area contributed by atoms with Crippen LogP contribution in [0.5, 0.6) is 0 Å². The highest BCUT2D eigenvalue weighted by Gasteiger charge is 1.95. The molecular weight excluding hydrogens is 288 g/mol. The summed E-state index contributed by atoms with van der Waals surface area (Å²) in [6.45, 7) is 8.53. The molecule has 1 N–H and O–H groups in total. The Morgan fingerprint density at radius 3 is 1.25 bits per heavy atom. The van der Waals surface area contributed by atoms with E-state index in [-0.39, 0.29) is 11.9 Å². The Hall–Kier alpha value is -1.15. The summed E-state index contributed by atoms with van der Waals surface area (Å²) in [6, 6.07) is 0. The lowest BCUT2D eigenvalue weighted by Gasteiger charge is -1.96. The van der Waals surface area contributed by atoms with Gasteiger partial charge in [-0.15, -0.1) is 0 Å². The van der Waals surface area contributed by atoms with Crippen LogP contribution in [0.15, 0.2) is 0 Å². The highest BCUT2D eigenvalue weighted by atomic mass is 32.2. The van der Waals surface area contributed by atoms with Crippen LogP contribution in [-0.4, -0.2) is 38.1 Å². The molecule has 0 rings (SSSR count). The summed E-state index contributed by atoms with van der Waals surface area (Å²) in [5.74, 6) is -0.176. The molecule has 0 amide bonds. The topological polar surface area (TPSA) is 107 Å². The number of carbonyl (C=O) groups excluding carboxylic acids is 2. The van der Waals surface area contributed by atoms with Crippen LogP contribution in [0.2, 0.25) is 0 Å². The van der Waals surface area contributed by atoms with Crippen molar-refractivity contribution in [2.24, 2.45) is 0 Å². The van der Waals surface area contributed by atoms with Crippen molar-refractivity contribution in [2.45, 2.75) is 53.4 Å². The lowest BCUT2D eigenvalue weighted by molar-refractivity contribution is -0.144. The van der Waals surface area contributed by atoms with Crippen molar-refractivity contribution >= 4 is 22.9 Å². The van der Waals surface area contributed by atoms with Gasteiger partial charge in [-0.3, -0.25) is 14.1 Å². The molecule has 7 nitrogen and oxygen atoms in total. The summed E-state index contributed by atoms with van der Waals surface area (Å²) < 4.78 is 33.5. The monoisotopic (exact) mass is 314 g/mol. The van der Waals surface area contributed by atoms with Gasteiger partial charge in [-0.05, 0) is 26.7 Å². The van der Waals surface area contributed by atoms with Crippen molar-refractivity contribution in [3.8, 4) is 0 Å². The summed E-state index contributed by atoms with van der Waals surface area (Å²) in [6.07, 6.45) is 2.85. The minimum Gasteiger partial charge on any atom is -0.466 e. The number of hydrogen-bond acceptors (Lipinski definition) is 6. The van der Waals surface area contributed by atoms with E-state index in [9.17, 15) is 9.59 Å². The highest BCUT2D eigenvalue weighted by molar-refractivity contribution is 7.66. The van der Waals surface area contributed by atoms with E-state index < -0.39 is 11.0 Å². The molecule has 0 heterocycles. The van der Waals surface area contributed by atoms with Crippen LogP contribution in [0.4, 0.5) is 0 Å². The predicted molar refractivity (Wildman–Crippen MR) is 76.0 cm³/mol. The largest absolute Gasteiger partial charge is 0.466 e. The molecular formula is C12H26O7S. The molecule has 0 atom stereocenters. The molecule has 0 fully saturated rings. The van der Waals surface area contributed by atoms with Crippen molar-refractivity contribution in [1.82, 2.24) is 0 Å². The van der Waals surface area contributed by atoms with E-state index in [1.165, 1.54) is 0 Å². The van der Waals surface area contributed by atoms with Gasteiger partial charge < -0.3 is 9.47 Å². The molecule has 0 radical (unpaired) electrons. The van der Waals surface area contributed by atoms with Crippen molar-refractivity contribution in [2.75, 3.05) is 13.2 Å². The SMILES string of the molecule is CCCC(=O)OCC.CCCC(=O)OCC.O=[SH](=O)O. The molecule has 20 heavy (non-hydrogen) atoms. The van der Waals surface area contributed by atoms with Gasteiger partial charge in [0.1, 0.15) is 0 Å². The van der Waals surface area contributed by atoms with Gasteiger partial charge in [0, 0.05) is 12.8 Å². The van der Waals surface area contributed by atoms with Crippen LogP contribution in [-0.2, 0) is 30.0 Å². The molecule has 0 aromatic heterocycles. The lowest BCUT2D eigenvalue weighted by Crippen LogP contribution is -2.01. The highest BCUT2D eigenvalue weighted by Crippen LogP contribution is 1.89. The van der Waals surface area contributed by atoms with Crippen LogP contribution in [0.25, 0.3) is 0 Å². The van der Waals surface area contributed by atoms with Crippen molar-refractivity contribution < 1.29 is 32.0 Å². The molecule has 0 aromatic carbocycles. The average Bonchev–Trinajstić information content (AvgIpc) is 2.30. The van der Waals surface area contributed by atoms with Crippen LogP contribution in [0, 0.1) is 0 Å². The molecule has 0 bridgehead atoms. The van der Waals surface area contributed by atoms with Gasteiger partial charge >= 0.3 is 11.9 Å². The molecule has 0 aliphatic carbocycles. The van der Waals surface area contributed by atoms with Crippen LogP contribution in [0.1, 0.15) is 53.4 Å². The Morgan fingerprint density at radius 1 is 0.850 bits per heavy atom. The number of carbonyl (C=O) groups is 2. The molecule has 122 valence electrons.